The van der Waals surface area contributed by atoms with Crippen molar-refractivity contribution in [3.05, 3.63) is 0 Å². The molecule has 0 spiro atoms. The lowest BCUT2D eigenvalue weighted by molar-refractivity contribution is -0.0892. The van der Waals surface area contributed by atoms with Gasteiger partial charge in [-0.15, -0.1) is 0 Å². The fourth-order valence-corrected chi connectivity index (χ4v) is 2.81. The second kappa shape index (κ2) is 2.05. The SMILES string of the molecule is CC1(C)C2C[C@@H](O)[C@](C)(O)CC21. The van der Waals surface area contributed by atoms with E-state index in [1.165, 1.54) is 0 Å². The van der Waals surface area contributed by atoms with Gasteiger partial charge < -0.3 is 10.2 Å². The Morgan fingerprint density at radius 3 is 2.25 bits per heavy atom. The number of hydrogen-bond acceptors (Lipinski definition) is 2. The smallest absolute Gasteiger partial charge is 0.0880 e. The number of aliphatic hydroxyl groups excluding tert-OH is 1. The van der Waals surface area contributed by atoms with Crippen LogP contribution in [0.1, 0.15) is 33.6 Å². The third kappa shape index (κ3) is 0.944. The maximum atomic E-state index is 9.82. The third-order valence-corrected chi connectivity index (χ3v) is 4.12. The summed E-state index contributed by atoms with van der Waals surface area (Å²) in [5.74, 6) is 1.28. The summed E-state index contributed by atoms with van der Waals surface area (Å²) in [6.07, 6.45) is 1.04. The van der Waals surface area contributed by atoms with Crippen molar-refractivity contribution in [1.29, 1.82) is 0 Å². The zero-order valence-corrected chi connectivity index (χ0v) is 8.04. The van der Waals surface area contributed by atoms with Crippen molar-refractivity contribution in [2.75, 3.05) is 0 Å². The molecular weight excluding hydrogens is 152 g/mol. The van der Waals surface area contributed by atoms with Gasteiger partial charge in [0.25, 0.3) is 0 Å². The van der Waals surface area contributed by atoms with Crippen molar-refractivity contribution in [2.45, 2.75) is 45.3 Å². The predicted molar refractivity (Wildman–Crippen MR) is 46.6 cm³/mol. The lowest BCUT2D eigenvalue weighted by Gasteiger charge is -2.32. The van der Waals surface area contributed by atoms with Crippen molar-refractivity contribution >= 4 is 0 Å². The van der Waals surface area contributed by atoms with E-state index in [2.05, 4.69) is 13.8 Å². The number of fused-ring (bicyclic) bond motifs is 1. The Balaban J connectivity index is 2.14. The van der Waals surface area contributed by atoms with Gasteiger partial charge in [-0.3, -0.25) is 0 Å². The van der Waals surface area contributed by atoms with Crippen LogP contribution in [-0.2, 0) is 0 Å². The van der Waals surface area contributed by atoms with Gasteiger partial charge >= 0.3 is 0 Å². The van der Waals surface area contributed by atoms with Gasteiger partial charge in [0, 0.05) is 0 Å². The highest BCUT2D eigenvalue weighted by molar-refractivity contribution is 5.12. The first-order valence-corrected chi connectivity index (χ1v) is 4.76. The minimum absolute atomic E-state index is 0.363. The molecule has 2 saturated carbocycles. The molecule has 2 N–H and O–H groups in total. The summed E-state index contributed by atoms with van der Waals surface area (Å²) in [4.78, 5) is 0. The van der Waals surface area contributed by atoms with Crippen molar-refractivity contribution < 1.29 is 10.2 Å². The maximum Gasteiger partial charge on any atom is 0.0880 e. The molecule has 0 aromatic rings. The van der Waals surface area contributed by atoms with Crippen LogP contribution in [0, 0.1) is 17.3 Å². The number of rotatable bonds is 0. The Hall–Kier alpha value is -0.0800. The molecule has 2 unspecified atom stereocenters. The Kier molecular flexibility index (Phi) is 1.45. The third-order valence-electron chi connectivity index (χ3n) is 4.12. The number of aliphatic hydroxyl groups is 2. The van der Waals surface area contributed by atoms with E-state index in [1.54, 1.807) is 6.92 Å². The topological polar surface area (TPSA) is 40.5 Å². The Bertz CT molecular complexity index is 208. The highest BCUT2D eigenvalue weighted by Gasteiger charge is 2.63. The van der Waals surface area contributed by atoms with Crippen molar-refractivity contribution in [2.24, 2.45) is 17.3 Å². The summed E-state index contributed by atoms with van der Waals surface area (Å²) in [7, 11) is 0. The highest BCUT2D eigenvalue weighted by atomic mass is 16.3. The molecule has 0 aromatic heterocycles. The largest absolute Gasteiger partial charge is 0.390 e. The fraction of sp³-hybridized carbons (Fsp3) is 1.00. The van der Waals surface area contributed by atoms with E-state index in [0.29, 0.717) is 17.3 Å². The predicted octanol–water partition coefficient (Wildman–Crippen LogP) is 1.16. The molecule has 12 heavy (non-hydrogen) atoms. The zero-order chi connectivity index (χ0) is 9.15. The highest BCUT2D eigenvalue weighted by Crippen LogP contribution is 2.66. The van der Waals surface area contributed by atoms with Gasteiger partial charge in [-0.25, -0.2) is 0 Å². The van der Waals surface area contributed by atoms with Gasteiger partial charge in [0.05, 0.1) is 11.7 Å². The lowest BCUT2D eigenvalue weighted by atomic mass is 9.84. The molecule has 0 saturated heterocycles. The molecule has 0 radical (unpaired) electrons. The van der Waals surface area contributed by atoms with Crippen molar-refractivity contribution in [1.82, 2.24) is 0 Å². The maximum absolute atomic E-state index is 9.82. The van der Waals surface area contributed by atoms with E-state index in [1.807, 2.05) is 0 Å². The molecule has 2 rings (SSSR count). The average Bonchev–Trinajstić information content (AvgIpc) is 2.37. The first-order chi connectivity index (χ1) is 5.36. The number of hydrogen-bond donors (Lipinski definition) is 2. The van der Waals surface area contributed by atoms with E-state index < -0.39 is 11.7 Å². The van der Waals surface area contributed by atoms with Crippen LogP contribution in [0.4, 0.5) is 0 Å². The summed E-state index contributed by atoms with van der Waals surface area (Å²) in [5.41, 5.74) is -0.476. The molecule has 0 aliphatic heterocycles. The van der Waals surface area contributed by atoms with E-state index in [4.69, 9.17) is 0 Å². The van der Waals surface area contributed by atoms with Crippen LogP contribution in [0.15, 0.2) is 0 Å². The molecular formula is C10H18O2. The minimum atomic E-state index is -0.838. The Labute approximate surface area is 73.6 Å². The molecule has 2 aliphatic carbocycles. The fourth-order valence-electron chi connectivity index (χ4n) is 2.81. The molecule has 0 aromatic carbocycles. The standard InChI is InChI=1S/C10H18O2/c1-9(2)6-4-8(11)10(3,12)5-7(6)9/h6-8,11-12H,4-5H2,1-3H3/t6?,7?,8-,10-/m1/s1. The molecule has 70 valence electrons. The van der Waals surface area contributed by atoms with Crippen LogP contribution < -0.4 is 0 Å². The molecule has 2 nitrogen and oxygen atoms in total. The normalized spacial score (nSPS) is 56.2. The summed E-state index contributed by atoms with van der Waals surface area (Å²) >= 11 is 0. The zero-order valence-electron chi connectivity index (χ0n) is 8.04. The summed E-state index contributed by atoms with van der Waals surface area (Å²) in [6, 6.07) is 0. The second-order valence-corrected chi connectivity index (χ2v) is 5.35. The second-order valence-electron chi connectivity index (χ2n) is 5.35. The first kappa shape index (κ1) is 8.52. The Morgan fingerprint density at radius 1 is 1.17 bits per heavy atom. The summed E-state index contributed by atoms with van der Waals surface area (Å²) in [5, 5.41) is 19.4. The first-order valence-electron chi connectivity index (χ1n) is 4.76. The Morgan fingerprint density at radius 2 is 1.75 bits per heavy atom. The summed E-state index contributed by atoms with van der Waals surface area (Å²) in [6.45, 7) is 6.22. The van der Waals surface area contributed by atoms with Crippen LogP contribution in [0.3, 0.4) is 0 Å². The molecule has 2 fully saturated rings. The van der Waals surface area contributed by atoms with E-state index in [9.17, 15) is 10.2 Å². The molecule has 0 amide bonds. The van der Waals surface area contributed by atoms with Gasteiger partial charge in [-0.05, 0) is 37.0 Å². The van der Waals surface area contributed by atoms with E-state index in [0.717, 1.165) is 12.8 Å². The monoisotopic (exact) mass is 170 g/mol. The van der Waals surface area contributed by atoms with Crippen LogP contribution in [-0.4, -0.2) is 21.9 Å². The van der Waals surface area contributed by atoms with Crippen molar-refractivity contribution in [3.63, 3.8) is 0 Å². The van der Waals surface area contributed by atoms with Gasteiger partial charge in [0.15, 0.2) is 0 Å². The van der Waals surface area contributed by atoms with Gasteiger partial charge in [-0.2, -0.15) is 0 Å². The van der Waals surface area contributed by atoms with E-state index in [-0.39, 0.29) is 0 Å². The molecule has 0 heterocycles. The summed E-state index contributed by atoms with van der Waals surface area (Å²) < 4.78 is 0. The molecule has 0 bridgehead atoms. The average molecular weight is 170 g/mol. The molecule has 2 heteroatoms. The quantitative estimate of drug-likeness (QED) is 0.573. The molecule has 2 aliphatic rings. The van der Waals surface area contributed by atoms with E-state index >= 15 is 0 Å². The van der Waals surface area contributed by atoms with Crippen molar-refractivity contribution in [3.8, 4) is 0 Å². The van der Waals surface area contributed by atoms with Gasteiger partial charge in [0.2, 0.25) is 0 Å². The van der Waals surface area contributed by atoms with Crippen LogP contribution in [0.25, 0.3) is 0 Å². The van der Waals surface area contributed by atoms with Crippen LogP contribution in [0.5, 0.6) is 0 Å². The van der Waals surface area contributed by atoms with Crippen LogP contribution >= 0.6 is 0 Å². The van der Waals surface area contributed by atoms with Crippen LogP contribution in [0.2, 0.25) is 0 Å². The van der Waals surface area contributed by atoms with Gasteiger partial charge in [-0.1, -0.05) is 13.8 Å². The lowest BCUT2D eigenvalue weighted by Crippen LogP contribution is -2.42. The van der Waals surface area contributed by atoms with Gasteiger partial charge in [0.1, 0.15) is 0 Å². The minimum Gasteiger partial charge on any atom is -0.390 e. The molecule has 4 atom stereocenters.